The molecule has 3 aliphatic rings. The highest BCUT2D eigenvalue weighted by Gasteiger charge is 2.43. The lowest BCUT2D eigenvalue weighted by Crippen LogP contribution is -2.49. The zero-order valence-corrected chi connectivity index (χ0v) is 22.1. The summed E-state index contributed by atoms with van der Waals surface area (Å²) in [4.78, 5) is 20.2. The summed E-state index contributed by atoms with van der Waals surface area (Å²) in [6.07, 6.45) is 1.26. The van der Waals surface area contributed by atoms with Crippen molar-refractivity contribution in [2.45, 2.75) is 38.0 Å². The molecular weight excluding hydrogens is 512 g/mol. The number of amides is 1. The number of thiocarbonyl (C=S) groups is 1. The molecule has 1 fully saturated rings. The van der Waals surface area contributed by atoms with Gasteiger partial charge in [0.1, 0.15) is 5.60 Å². The van der Waals surface area contributed by atoms with Gasteiger partial charge in [0.05, 0.1) is 20.6 Å². The minimum atomic E-state index is -0.592. The van der Waals surface area contributed by atoms with Gasteiger partial charge in [-0.1, -0.05) is 17.3 Å². The van der Waals surface area contributed by atoms with Gasteiger partial charge in [-0.05, 0) is 47.6 Å². The van der Waals surface area contributed by atoms with Crippen LogP contribution < -0.4 is 29.6 Å². The molecule has 0 saturated carbocycles. The van der Waals surface area contributed by atoms with Crippen molar-refractivity contribution >= 4 is 29.3 Å². The van der Waals surface area contributed by atoms with Crippen LogP contribution in [0, 0.1) is 0 Å². The van der Waals surface area contributed by atoms with Crippen molar-refractivity contribution in [2.75, 3.05) is 34.1 Å². The van der Waals surface area contributed by atoms with Gasteiger partial charge < -0.3 is 44.1 Å². The van der Waals surface area contributed by atoms with Gasteiger partial charge in [-0.2, -0.15) is 0 Å². The van der Waals surface area contributed by atoms with Gasteiger partial charge in [0, 0.05) is 39.0 Å². The second-order valence-electron chi connectivity index (χ2n) is 9.20. The highest BCUT2D eigenvalue weighted by atomic mass is 32.1. The Kier molecular flexibility index (Phi) is 7.59. The molecule has 38 heavy (non-hydrogen) atoms. The largest absolute Gasteiger partial charge is 0.493 e. The van der Waals surface area contributed by atoms with E-state index in [-0.39, 0.29) is 19.2 Å². The monoisotopic (exact) mass is 542 g/mol. The number of benzene rings is 2. The van der Waals surface area contributed by atoms with Crippen LogP contribution in [-0.2, 0) is 22.7 Å². The van der Waals surface area contributed by atoms with E-state index in [1.165, 1.54) is 0 Å². The maximum Gasteiger partial charge on any atom is 0.414 e. The van der Waals surface area contributed by atoms with E-state index in [2.05, 4.69) is 20.7 Å². The first-order chi connectivity index (χ1) is 18.5. The summed E-state index contributed by atoms with van der Waals surface area (Å²) >= 11 is 5.61. The fraction of sp³-hybridized carbons (Fsp3) is 0.423. The third kappa shape index (κ3) is 5.80. The molecule has 3 aliphatic heterocycles. The SMILES string of the molecule is COc1ccc(CNC(=O)OC2=NOC3(CCN(C(=S)NCc4ccc5c(c4)OCO5)CC3)C2)cc1OC. The van der Waals surface area contributed by atoms with Crippen LogP contribution in [0.15, 0.2) is 41.6 Å². The van der Waals surface area contributed by atoms with Crippen LogP contribution in [0.25, 0.3) is 0 Å². The molecule has 202 valence electrons. The van der Waals surface area contributed by atoms with E-state index in [9.17, 15) is 4.79 Å². The Hall–Kier alpha value is -3.93. The molecule has 12 heteroatoms. The number of methoxy groups -OCH3 is 2. The molecular formula is C26H30N4O7S. The van der Waals surface area contributed by atoms with Crippen molar-refractivity contribution in [1.29, 1.82) is 0 Å². The number of fused-ring (bicyclic) bond motifs is 1. The second-order valence-corrected chi connectivity index (χ2v) is 9.59. The lowest BCUT2D eigenvalue weighted by Gasteiger charge is -2.38. The average Bonchev–Trinajstić information content (AvgIpc) is 3.57. The predicted molar refractivity (Wildman–Crippen MR) is 142 cm³/mol. The van der Waals surface area contributed by atoms with Crippen LogP contribution in [0.2, 0.25) is 0 Å². The minimum Gasteiger partial charge on any atom is -0.493 e. The van der Waals surface area contributed by atoms with Crippen molar-refractivity contribution in [3.8, 4) is 23.0 Å². The number of carbonyl (C=O) groups is 1. The van der Waals surface area contributed by atoms with E-state index < -0.39 is 11.7 Å². The normalized spacial score (nSPS) is 16.9. The van der Waals surface area contributed by atoms with Crippen LogP contribution in [0.1, 0.15) is 30.4 Å². The molecule has 1 saturated heterocycles. The Bertz CT molecular complexity index is 1230. The topological polar surface area (TPSA) is 112 Å². The molecule has 3 heterocycles. The Balaban J connectivity index is 1.04. The zero-order chi connectivity index (χ0) is 26.5. The van der Waals surface area contributed by atoms with Crippen molar-refractivity contribution in [3.63, 3.8) is 0 Å². The summed E-state index contributed by atoms with van der Waals surface area (Å²) in [6.45, 7) is 2.53. The first kappa shape index (κ1) is 25.7. The van der Waals surface area contributed by atoms with E-state index in [1.807, 2.05) is 24.3 Å². The van der Waals surface area contributed by atoms with Crippen LogP contribution >= 0.6 is 12.2 Å². The smallest absolute Gasteiger partial charge is 0.414 e. The standard InChI is InChI=1S/C26H30N4O7S/c1-32-19-5-3-17(11-21(19)33-2)15-28-25(31)36-23-13-26(37-29-23)7-9-30(10-8-26)24(38)27-14-18-4-6-20-22(12-18)35-16-34-20/h3-6,11-12H,7-10,13-16H2,1-2H3,(H,27,38)(H,28,31). The highest BCUT2D eigenvalue weighted by Crippen LogP contribution is 2.35. The highest BCUT2D eigenvalue weighted by molar-refractivity contribution is 7.80. The molecule has 2 N–H and O–H groups in total. The van der Waals surface area contributed by atoms with Gasteiger partial charge in [0.15, 0.2) is 28.1 Å². The first-order valence-electron chi connectivity index (χ1n) is 12.3. The molecule has 11 nitrogen and oxygen atoms in total. The number of hydrogen-bond acceptors (Lipinski definition) is 9. The Labute approximate surface area is 225 Å². The molecule has 1 amide bonds. The molecule has 0 atom stereocenters. The van der Waals surface area contributed by atoms with E-state index >= 15 is 0 Å². The molecule has 1 spiro atoms. The number of nitrogens with zero attached hydrogens (tertiary/aromatic N) is 2. The van der Waals surface area contributed by atoms with Crippen molar-refractivity contribution in [1.82, 2.24) is 15.5 Å². The quantitative estimate of drug-likeness (QED) is 0.528. The third-order valence-corrected chi connectivity index (χ3v) is 7.15. The van der Waals surface area contributed by atoms with Crippen LogP contribution in [0.4, 0.5) is 4.79 Å². The van der Waals surface area contributed by atoms with E-state index in [4.69, 9.17) is 40.7 Å². The van der Waals surface area contributed by atoms with Gasteiger partial charge >= 0.3 is 6.09 Å². The van der Waals surface area contributed by atoms with Crippen molar-refractivity contribution in [2.24, 2.45) is 5.16 Å². The lowest BCUT2D eigenvalue weighted by molar-refractivity contribution is -0.0524. The summed E-state index contributed by atoms with van der Waals surface area (Å²) < 4.78 is 26.7. The molecule has 2 aromatic carbocycles. The van der Waals surface area contributed by atoms with Crippen LogP contribution in [-0.4, -0.2) is 61.7 Å². The number of likely N-dealkylation sites (tertiary alicyclic amines) is 1. The fourth-order valence-electron chi connectivity index (χ4n) is 4.58. The average molecular weight is 543 g/mol. The maximum atomic E-state index is 12.3. The Morgan fingerprint density at radius 2 is 1.71 bits per heavy atom. The second kappa shape index (κ2) is 11.2. The Morgan fingerprint density at radius 1 is 1.00 bits per heavy atom. The summed E-state index contributed by atoms with van der Waals surface area (Å²) in [6, 6.07) is 11.3. The summed E-state index contributed by atoms with van der Waals surface area (Å²) in [7, 11) is 3.13. The van der Waals surface area contributed by atoms with Gasteiger partial charge in [-0.25, -0.2) is 4.79 Å². The minimum absolute atomic E-state index is 0.253. The number of hydrogen-bond donors (Lipinski definition) is 2. The number of carbonyl (C=O) groups excluding carboxylic acids is 1. The number of alkyl carbamates (subject to hydrolysis) is 1. The molecule has 0 unspecified atom stereocenters. The van der Waals surface area contributed by atoms with E-state index in [0.29, 0.717) is 55.5 Å². The lowest BCUT2D eigenvalue weighted by atomic mass is 9.88. The molecule has 0 aromatic heterocycles. The van der Waals surface area contributed by atoms with Gasteiger partial charge in [-0.3, -0.25) is 0 Å². The number of ether oxygens (including phenoxy) is 5. The fourth-order valence-corrected chi connectivity index (χ4v) is 4.83. The van der Waals surface area contributed by atoms with E-state index in [1.54, 1.807) is 26.4 Å². The molecule has 0 radical (unpaired) electrons. The molecule has 0 aliphatic carbocycles. The zero-order valence-electron chi connectivity index (χ0n) is 21.3. The Morgan fingerprint density at radius 3 is 2.50 bits per heavy atom. The van der Waals surface area contributed by atoms with E-state index in [0.717, 1.165) is 22.6 Å². The van der Waals surface area contributed by atoms with Gasteiger partial charge in [-0.15, -0.1) is 0 Å². The number of piperidine rings is 1. The summed E-state index contributed by atoms with van der Waals surface area (Å²) in [5, 5.41) is 10.8. The van der Waals surface area contributed by atoms with Crippen LogP contribution in [0.3, 0.4) is 0 Å². The third-order valence-electron chi connectivity index (χ3n) is 6.75. The molecule has 5 rings (SSSR count). The summed E-state index contributed by atoms with van der Waals surface area (Å²) in [5.41, 5.74) is 1.42. The molecule has 0 bridgehead atoms. The van der Waals surface area contributed by atoms with Gasteiger partial charge in [0.25, 0.3) is 0 Å². The van der Waals surface area contributed by atoms with Gasteiger partial charge in [0.2, 0.25) is 12.7 Å². The first-order valence-corrected chi connectivity index (χ1v) is 12.7. The number of nitrogens with one attached hydrogen (secondary N) is 2. The van der Waals surface area contributed by atoms with Crippen molar-refractivity contribution in [3.05, 3.63) is 47.5 Å². The van der Waals surface area contributed by atoms with Crippen LogP contribution in [0.5, 0.6) is 23.0 Å². The molecule has 2 aromatic rings. The number of oxime groups is 1. The van der Waals surface area contributed by atoms with Crippen molar-refractivity contribution < 1.29 is 33.3 Å². The maximum absolute atomic E-state index is 12.3. The number of rotatable bonds is 6. The summed E-state index contributed by atoms with van der Waals surface area (Å²) in [5.74, 6) is 2.99. The predicted octanol–water partition coefficient (Wildman–Crippen LogP) is 3.30.